The van der Waals surface area contributed by atoms with E-state index in [0.717, 1.165) is 28.6 Å². The van der Waals surface area contributed by atoms with Crippen LogP contribution in [-0.2, 0) is 32.0 Å². The molecular formula is C33H35N5O5. The summed E-state index contributed by atoms with van der Waals surface area (Å²) < 4.78 is 6.23. The van der Waals surface area contributed by atoms with Crippen molar-refractivity contribution in [2.45, 2.75) is 62.4 Å². The Bertz CT molecular complexity index is 1700. The second-order valence-electron chi connectivity index (χ2n) is 12.8. The number of likely N-dealkylation sites (N-methyl/N-ethyl adjacent to an activating group) is 1. The van der Waals surface area contributed by atoms with E-state index in [4.69, 9.17) is 4.74 Å². The molecule has 43 heavy (non-hydrogen) atoms. The molecule has 2 aromatic carbocycles. The van der Waals surface area contributed by atoms with Crippen LogP contribution in [0.3, 0.4) is 0 Å². The Morgan fingerprint density at radius 3 is 2.79 bits per heavy atom. The summed E-state index contributed by atoms with van der Waals surface area (Å²) >= 11 is 0. The molecule has 3 amide bonds. The lowest BCUT2D eigenvalue weighted by Crippen LogP contribution is -2.71. The van der Waals surface area contributed by atoms with E-state index >= 15 is 0 Å². The minimum Gasteiger partial charge on any atom is -0.361 e. The van der Waals surface area contributed by atoms with E-state index in [-0.39, 0.29) is 24.3 Å². The van der Waals surface area contributed by atoms with Gasteiger partial charge in [0.15, 0.2) is 0 Å². The zero-order valence-corrected chi connectivity index (χ0v) is 24.2. The van der Waals surface area contributed by atoms with Crippen molar-refractivity contribution in [2.75, 3.05) is 20.1 Å². The number of fused-ring (bicyclic) bond motifs is 5. The van der Waals surface area contributed by atoms with Crippen molar-refractivity contribution in [1.82, 2.24) is 25.0 Å². The molecule has 0 radical (unpaired) electrons. The van der Waals surface area contributed by atoms with Crippen molar-refractivity contribution in [3.05, 3.63) is 77.5 Å². The molecule has 0 unspecified atom stereocenters. The molecular weight excluding hydrogens is 546 g/mol. The highest BCUT2D eigenvalue weighted by Crippen LogP contribution is 2.46. The van der Waals surface area contributed by atoms with Crippen molar-refractivity contribution >= 4 is 34.2 Å². The molecule has 0 saturated carbocycles. The van der Waals surface area contributed by atoms with Gasteiger partial charge in [-0.1, -0.05) is 48.5 Å². The number of benzene rings is 2. The standard InChI is InChI=1S/C33H35N5O5/c1-32(35-29(39)21-15-23-22-10-6-11-24-28(22)20(17-34-24)16-25(23)36(2)18-21)31(41)38-26(14-19-8-4-3-5-9-19)30(40)37-13-7-12-27(37)33(38,42)43-32/h3-6,8-11,15,17,21,25-27,34,42H,7,12-14,16,18H2,1-2H3,(H,35,39)/t21-,25+,26+,27+,32+,33-/m0/s1. The molecule has 3 aromatic rings. The van der Waals surface area contributed by atoms with Crippen LogP contribution >= 0.6 is 0 Å². The highest BCUT2D eigenvalue weighted by molar-refractivity contribution is 6.00. The van der Waals surface area contributed by atoms with Crippen molar-refractivity contribution in [3.8, 4) is 0 Å². The number of nitrogens with zero attached hydrogens (tertiary/aromatic N) is 3. The van der Waals surface area contributed by atoms with Gasteiger partial charge < -0.3 is 20.3 Å². The van der Waals surface area contributed by atoms with E-state index in [1.165, 1.54) is 22.8 Å². The summed E-state index contributed by atoms with van der Waals surface area (Å²) in [7, 11) is 2.02. The molecule has 3 fully saturated rings. The number of aromatic nitrogens is 1. The minimum atomic E-state index is -2.04. The first-order valence-corrected chi connectivity index (χ1v) is 15.1. The van der Waals surface area contributed by atoms with Crippen LogP contribution in [0.2, 0.25) is 0 Å². The fraction of sp³-hybridized carbons (Fsp3) is 0.424. The zero-order chi connectivity index (χ0) is 29.7. The Kier molecular flexibility index (Phi) is 5.73. The number of aromatic amines is 1. The highest BCUT2D eigenvalue weighted by Gasteiger charge is 2.70. The number of piperazine rings is 1. The summed E-state index contributed by atoms with van der Waals surface area (Å²) in [5, 5.41) is 16.1. The zero-order valence-electron chi connectivity index (χ0n) is 24.2. The number of hydrogen-bond acceptors (Lipinski definition) is 6. The van der Waals surface area contributed by atoms with Gasteiger partial charge in [0, 0.05) is 42.7 Å². The molecule has 10 nitrogen and oxygen atoms in total. The maximum Gasteiger partial charge on any atom is 0.280 e. The third kappa shape index (κ3) is 3.79. The van der Waals surface area contributed by atoms with Crippen LogP contribution in [0.4, 0.5) is 0 Å². The number of ether oxygens (including phenoxy) is 1. The topological polar surface area (TPSA) is 118 Å². The molecule has 6 atom stereocenters. The molecule has 222 valence electrons. The summed E-state index contributed by atoms with van der Waals surface area (Å²) in [4.78, 5) is 50.2. The fourth-order valence-electron chi connectivity index (χ4n) is 8.12. The SMILES string of the molecule is CN1C[C@@H](C(=O)N[C@]2(C)O[C@@]3(O)[C@H]4CCCN4C(=O)[C@@H](Cc4ccccc4)N3C2=O)C=C2c3cccc4[nH]cc(c34)C[C@H]21. The van der Waals surface area contributed by atoms with Crippen LogP contribution in [-0.4, -0.2) is 92.4 Å². The number of nitrogens with one attached hydrogen (secondary N) is 2. The molecule has 4 aliphatic heterocycles. The summed E-state index contributed by atoms with van der Waals surface area (Å²) in [5.41, 5.74) is 3.58. The van der Waals surface area contributed by atoms with E-state index in [2.05, 4.69) is 33.5 Å². The number of aliphatic hydroxyl groups is 1. The van der Waals surface area contributed by atoms with Crippen molar-refractivity contribution in [1.29, 1.82) is 0 Å². The van der Waals surface area contributed by atoms with Gasteiger partial charge in [0.05, 0.1) is 5.92 Å². The fourth-order valence-corrected chi connectivity index (χ4v) is 8.12. The number of rotatable bonds is 4. The van der Waals surface area contributed by atoms with Crippen molar-refractivity contribution < 1.29 is 24.2 Å². The lowest BCUT2D eigenvalue weighted by molar-refractivity contribution is -0.315. The van der Waals surface area contributed by atoms with Crippen LogP contribution in [0.1, 0.15) is 36.5 Å². The van der Waals surface area contributed by atoms with Crippen LogP contribution in [0, 0.1) is 5.92 Å². The molecule has 3 saturated heterocycles. The summed E-state index contributed by atoms with van der Waals surface area (Å²) in [6.07, 6.45) is 6.38. The van der Waals surface area contributed by atoms with E-state index in [0.29, 0.717) is 25.9 Å². The lowest BCUT2D eigenvalue weighted by Gasteiger charge is -2.48. The third-order valence-electron chi connectivity index (χ3n) is 10.1. The lowest BCUT2D eigenvalue weighted by atomic mass is 9.79. The first kappa shape index (κ1) is 26.6. The van der Waals surface area contributed by atoms with Gasteiger partial charge in [0.25, 0.3) is 11.8 Å². The van der Waals surface area contributed by atoms with Gasteiger partial charge in [-0.15, -0.1) is 0 Å². The third-order valence-corrected chi connectivity index (χ3v) is 10.1. The molecule has 0 bridgehead atoms. The van der Waals surface area contributed by atoms with Gasteiger partial charge >= 0.3 is 0 Å². The maximum absolute atomic E-state index is 14.2. The highest BCUT2D eigenvalue weighted by atomic mass is 16.7. The molecule has 5 heterocycles. The normalized spacial score (nSPS) is 33.3. The Hall–Kier alpha value is -3.99. The van der Waals surface area contributed by atoms with Crippen molar-refractivity contribution in [2.24, 2.45) is 5.92 Å². The summed E-state index contributed by atoms with van der Waals surface area (Å²) in [6, 6.07) is 14.1. The second-order valence-corrected chi connectivity index (χ2v) is 12.8. The van der Waals surface area contributed by atoms with E-state index in [9.17, 15) is 19.5 Å². The Morgan fingerprint density at radius 2 is 1.98 bits per heavy atom. The molecule has 10 heteroatoms. The second kappa shape index (κ2) is 9.25. The van der Waals surface area contributed by atoms with Gasteiger partial charge in [0.2, 0.25) is 17.5 Å². The predicted molar refractivity (Wildman–Crippen MR) is 158 cm³/mol. The van der Waals surface area contributed by atoms with E-state index < -0.39 is 35.5 Å². The quantitative estimate of drug-likeness (QED) is 0.434. The number of hydrogen-bond donors (Lipinski definition) is 3. The number of H-pyrrole nitrogens is 1. The van der Waals surface area contributed by atoms with Crippen LogP contribution in [0.15, 0.2) is 60.8 Å². The Balaban J connectivity index is 1.11. The van der Waals surface area contributed by atoms with Gasteiger partial charge in [-0.25, -0.2) is 0 Å². The minimum absolute atomic E-state index is 0.144. The Labute approximate surface area is 249 Å². The Morgan fingerprint density at radius 1 is 1.16 bits per heavy atom. The van der Waals surface area contributed by atoms with Gasteiger partial charge in [-0.2, -0.15) is 0 Å². The average molecular weight is 582 g/mol. The van der Waals surface area contributed by atoms with Gasteiger partial charge in [-0.05, 0) is 61.6 Å². The van der Waals surface area contributed by atoms with Crippen molar-refractivity contribution in [3.63, 3.8) is 0 Å². The number of carbonyl (C=O) groups is 3. The summed E-state index contributed by atoms with van der Waals surface area (Å²) in [6.45, 7) is 2.45. The monoisotopic (exact) mass is 581 g/mol. The van der Waals surface area contributed by atoms with Crippen LogP contribution < -0.4 is 5.32 Å². The van der Waals surface area contributed by atoms with E-state index in [1.807, 2.05) is 49.5 Å². The smallest absolute Gasteiger partial charge is 0.280 e. The number of amides is 3. The van der Waals surface area contributed by atoms with Crippen LogP contribution in [0.5, 0.6) is 0 Å². The number of carbonyl (C=O) groups excluding carboxylic acids is 3. The molecule has 8 rings (SSSR count). The molecule has 3 N–H and O–H groups in total. The van der Waals surface area contributed by atoms with Gasteiger partial charge in [0.1, 0.15) is 12.1 Å². The average Bonchev–Trinajstić information content (AvgIpc) is 3.70. The largest absolute Gasteiger partial charge is 0.361 e. The predicted octanol–water partition coefficient (Wildman–Crippen LogP) is 1.99. The molecule has 5 aliphatic rings. The van der Waals surface area contributed by atoms with Gasteiger partial charge in [-0.3, -0.25) is 28.9 Å². The first-order valence-electron chi connectivity index (χ1n) is 15.1. The first-order chi connectivity index (χ1) is 20.7. The summed E-state index contributed by atoms with van der Waals surface area (Å²) in [5.74, 6) is -3.77. The van der Waals surface area contributed by atoms with Crippen LogP contribution in [0.25, 0.3) is 16.5 Å². The molecule has 1 aromatic heterocycles. The maximum atomic E-state index is 14.2. The van der Waals surface area contributed by atoms with E-state index in [1.54, 1.807) is 4.90 Å². The molecule has 0 spiro atoms. The molecule has 1 aliphatic carbocycles.